The smallest absolute Gasteiger partial charge is 0.221 e. The number of aromatic nitrogens is 2. The average Bonchev–Trinajstić information content (AvgIpc) is 3.25. The third-order valence-corrected chi connectivity index (χ3v) is 5.22. The molecule has 1 amide bonds. The van der Waals surface area contributed by atoms with Crippen molar-refractivity contribution in [2.45, 2.75) is 13.5 Å². The first-order valence-corrected chi connectivity index (χ1v) is 10.9. The first kappa shape index (κ1) is 22.7. The number of nitrogens with one attached hydrogen (secondary N) is 1. The molecule has 4 rings (SSSR count). The molecule has 0 aliphatic rings. The van der Waals surface area contributed by atoms with Crippen molar-refractivity contribution in [1.29, 1.82) is 0 Å². The van der Waals surface area contributed by atoms with E-state index < -0.39 is 0 Å². The molecule has 0 saturated carbocycles. The quantitative estimate of drug-likeness (QED) is 0.285. The first-order valence-electron chi connectivity index (χ1n) is 10.9. The number of hydrogen-bond donors (Lipinski definition) is 1. The summed E-state index contributed by atoms with van der Waals surface area (Å²) in [5.74, 6) is 0.345. The number of ether oxygens (including phenoxy) is 1. The number of hydrogen-bond acceptors (Lipinski definition) is 4. The van der Waals surface area contributed by atoms with E-state index >= 15 is 0 Å². The number of para-hydroxylation sites is 1. The Kier molecular flexibility index (Phi) is 6.98. The number of benzene rings is 3. The van der Waals surface area contributed by atoms with Crippen molar-refractivity contribution in [3.63, 3.8) is 0 Å². The van der Waals surface area contributed by atoms with Gasteiger partial charge in [-0.2, -0.15) is 5.10 Å². The lowest BCUT2D eigenvalue weighted by molar-refractivity contribution is -0.114. The minimum atomic E-state index is -0.188. The molecule has 3 aromatic carbocycles. The molecule has 0 unspecified atom stereocenters. The van der Waals surface area contributed by atoms with Crippen LogP contribution in [0, 0.1) is 0 Å². The van der Waals surface area contributed by atoms with E-state index in [9.17, 15) is 9.59 Å². The Labute approximate surface area is 198 Å². The molecule has 0 bridgehead atoms. The van der Waals surface area contributed by atoms with Gasteiger partial charge < -0.3 is 10.1 Å². The van der Waals surface area contributed by atoms with Crippen molar-refractivity contribution >= 4 is 23.5 Å². The Morgan fingerprint density at radius 3 is 2.53 bits per heavy atom. The van der Waals surface area contributed by atoms with Crippen LogP contribution in [-0.2, 0) is 11.3 Å². The maximum absolute atomic E-state index is 12.9. The highest BCUT2D eigenvalue weighted by Gasteiger charge is 2.14. The van der Waals surface area contributed by atoms with Crippen molar-refractivity contribution in [1.82, 2.24) is 9.78 Å². The lowest BCUT2D eigenvalue weighted by Crippen LogP contribution is -2.06. The fourth-order valence-corrected chi connectivity index (χ4v) is 3.68. The first-order chi connectivity index (χ1) is 16.5. The van der Waals surface area contributed by atoms with Gasteiger partial charge in [0.2, 0.25) is 5.91 Å². The molecule has 0 atom stereocenters. The van der Waals surface area contributed by atoms with Crippen LogP contribution in [0.5, 0.6) is 5.75 Å². The van der Waals surface area contributed by atoms with Gasteiger partial charge in [-0.1, -0.05) is 54.6 Å². The van der Waals surface area contributed by atoms with Crippen LogP contribution in [0.4, 0.5) is 5.69 Å². The molecule has 4 aromatic rings. The van der Waals surface area contributed by atoms with Crippen LogP contribution in [0.2, 0.25) is 0 Å². The zero-order chi connectivity index (χ0) is 23.9. The third kappa shape index (κ3) is 5.48. The van der Waals surface area contributed by atoms with Gasteiger partial charge in [-0.3, -0.25) is 14.3 Å². The van der Waals surface area contributed by atoms with E-state index in [0.717, 1.165) is 22.4 Å². The summed E-state index contributed by atoms with van der Waals surface area (Å²) >= 11 is 0. The summed E-state index contributed by atoms with van der Waals surface area (Å²) in [6.45, 7) is 2.03. The molecular weight excluding hydrogens is 426 g/mol. The van der Waals surface area contributed by atoms with Crippen LogP contribution < -0.4 is 10.1 Å². The monoisotopic (exact) mass is 451 g/mol. The van der Waals surface area contributed by atoms with Crippen molar-refractivity contribution < 1.29 is 14.3 Å². The SMILES string of the molecule is COc1ccccc1-c1nn(Cc2ccccc2)cc1/C=C/C(=O)c1cccc(NC(C)=O)c1. The average molecular weight is 452 g/mol. The second-order valence-corrected chi connectivity index (χ2v) is 7.78. The number of methoxy groups -OCH3 is 1. The summed E-state index contributed by atoms with van der Waals surface area (Å²) in [7, 11) is 1.63. The number of allylic oxidation sites excluding steroid dienone is 1. The Balaban J connectivity index is 1.67. The van der Waals surface area contributed by atoms with Gasteiger partial charge in [-0.25, -0.2) is 0 Å². The number of carbonyl (C=O) groups is 2. The summed E-state index contributed by atoms with van der Waals surface area (Å²) < 4.78 is 7.41. The van der Waals surface area contributed by atoms with E-state index in [4.69, 9.17) is 9.84 Å². The van der Waals surface area contributed by atoms with Gasteiger partial charge in [0.15, 0.2) is 5.78 Å². The molecule has 0 aliphatic heterocycles. The molecule has 0 aliphatic carbocycles. The second kappa shape index (κ2) is 10.4. The van der Waals surface area contributed by atoms with Gasteiger partial charge in [-0.05, 0) is 42.0 Å². The highest BCUT2D eigenvalue weighted by Crippen LogP contribution is 2.32. The Bertz CT molecular complexity index is 1340. The summed E-state index contributed by atoms with van der Waals surface area (Å²) in [5.41, 5.74) is 4.56. The third-order valence-electron chi connectivity index (χ3n) is 5.22. The lowest BCUT2D eigenvalue weighted by Gasteiger charge is -2.07. The van der Waals surface area contributed by atoms with Crippen LogP contribution in [0.3, 0.4) is 0 Å². The second-order valence-electron chi connectivity index (χ2n) is 7.78. The molecule has 0 spiro atoms. The van der Waals surface area contributed by atoms with Crippen molar-refractivity contribution in [3.8, 4) is 17.0 Å². The Hall–Kier alpha value is -4.45. The van der Waals surface area contributed by atoms with Crippen LogP contribution >= 0.6 is 0 Å². The van der Waals surface area contributed by atoms with Crippen molar-refractivity contribution in [2.24, 2.45) is 0 Å². The highest BCUT2D eigenvalue weighted by atomic mass is 16.5. The van der Waals surface area contributed by atoms with Gasteiger partial charge in [0.1, 0.15) is 11.4 Å². The number of carbonyl (C=O) groups excluding carboxylic acids is 2. The summed E-state index contributed by atoms with van der Waals surface area (Å²) in [4.78, 5) is 24.2. The minimum absolute atomic E-state index is 0.172. The number of ketones is 1. The van der Waals surface area contributed by atoms with E-state index in [1.165, 1.54) is 13.0 Å². The van der Waals surface area contributed by atoms with E-state index in [-0.39, 0.29) is 11.7 Å². The highest BCUT2D eigenvalue weighted by molar-refractivity contribution is 6.08. The molecular formula is C28H25N3O3. The van der Waals surface area contributed by atoms with Crippen molar-refractivity contribution in [3.05, 3.63) is 108 Å². The standard InChI is InChI=1S/C28H25N3O3/c1-20(32)29-24-12-8-11-22(17-24)26(33)16-15-23-19-31(18-21-9-4-3-5-10-21)30-28(23)25-13-6-7-14-27(25)34-2/h3-17,19H,18H2,1-2H3,(H,29,32)/b16-15+. The van der Waals surface area contributed by atoms with Gasteiger partial charge in [0.25, 0.3) is 0 Å². The summed E-state index contributed by atoms with van der Waals surface area (Å²) in [6, 6.07) is 24.6. The largest absolute Gasteiger partial charge is 0.496 e. The van der Waals surface area contributed by atoms with E-state index in [2.05, 4.69) is 5.32 Å². The molecule has 1 aromatic heterocycles. The lowest BCUT2D eigenvalue weighted by atomic mass is 10.0. The number of anilines is 1. The number of amides is 1. The van der Waals surface area contributed by atoms with Gasteiger partial charge >= 0.3 is 0 Å². The molecule has 0 radical (unpaired) electrons. The van der Waals surface area contributed by atoms with E-state index in [1.54, 1.807) is 37.5 Å². The van der Waals surface area contributed by atoms with Crippen molar-refractivity contribution in [2.75, 3.05) is 12.4 Å². The van der Waals surface area contributed by atoms with Crippen LogP contribution in [-0.4, -0.2) is 28.6 Å². The molecule has 1 heterocycles. The van der Waals surface area contributed by atoms with Gasteiger partial charge in [-0.15, -0.1) is 0 Å². The summed E-state index contributed by atoms with van der Waals surface area (Å²) in [5, 5.41) is 7.51. The predicted octanol–water partition coefficient (Wildman–Crippen LogP) is 5.46. The zero-order valence-corrected chi connectivity index (χ0v) is 19.1. The number of rotatable bonds is 8. The van der Waals surface area contributed by atoms with Gasteiger partial charge in [0, 0.05) is 35.5 Å². The Morgan fingerprint density at radius 2 is 1.76 bits per heavy atom. The molecule has 6 nitrogen and oxygen atoms in total. The van der Waals surface area contributed by atoms with E-state index in [0.29, 0.717) is 23.5 Å². The normalized spacial score (nSPS) is 10.9. The number of nitrogens with zero attached hydrogens (tertiary/aromatic N) is 2. The fraction of sp³-hybridized carbons (Fsp3) is 0.107. The minimum Gasteiger partial charge on any atom is -0.496 e. The Morgan fingerprint density at radius 1 is 1.00 bits per heavy atom. The van der Waals surface area contributed by atoms with Crippen LogP contribution in [0.25, 0.3) is 17.3 Å². The maximum Gasteiger partial charge on any atom is 0.221 e. The topological polar surface area (TPSA) is 73.2 Å². The molecule has 6 heteroatoms. The van der Waals surface area contributed by atoms with Gasteiger partial charge in [0.05, 0.1) is 13.7 Å². The molecule has 1 N–H and O–H groups in total. The predicted molar refractivity (Wildman–Crippen MR) is 134 cm³/mol. The molecule has 0 fully saturated rings. The van der Waals surface area contributed by atoms with Crippen LogP contribution in [0.15, 0.2) is 91.1 Å². The van der Waals surface area contributed by atoms with Crippen LogP contribution in [0.1, 0.15) is 28.4 Å². The molecule has 34 heavy (non-hydrogen) atoms. The molecule has 170 valence electrons. The summed E-state index contributed by atoms with van der Waals surface area (Å²) in [6.07, 6.45) is 5.21. The maximum atomic E-state index is 12.9. The fourth-order valence-electron chi connectivity index (χ4n) is 3.68. The van der Waals surface area contributed by atoms with E-state index in [1.807, 2.05) is 65.5 Å². The molecule has 0 saturated heterocycles. The zero-order valence-electron chi connectivity index (χ0n) is 19.1.